The van der Waals surface area contributed by atoms with E-state index in [2.05, 4.69) is 0 Å². The topological polar surface area (TPSA) is 37.3 Å². The number of carbonyl (C=O) groups excluding carboxylic acids is 1. The second kappa shape index (κ2) is 3.45. The SMILES string of the molecule is O=C1c2ccccc2-c2c1ccc1c(O)cccc21. The van der Waals surface area contributed by atoms with E-state index in [4.69, 9.17) is 0 Å². The average Bonchev–Trinajstić information content (AvgIpc) is 2.74. The molecule has 1 aliphatic carbocycles. The van der Waals surface area contributed by atoms with Crippen LogP contribution in [0.25, 0.3) is 21.9 Å². The lowest BCUT2D eigenvalue weighted by atomic mass is 9.97. The Morgan fingerprint density at radius 3 is 2.32 bits per heavy atom. The van der Waals surface area contributed by atoms with E-state index < -0.39 is 0 Å². The van der Waals surface area contributed by atoms with E-state index in [-0.39, 0.29) is 11.5 Å². The Morgan fingerprint density at radius 1 is 0.684 bits per heavy atom. The Morgan fingerprint density at radius 2 is 1.47 bits per heavy atom. The van der Waals surface area contributed by atoms with Crippen molar-refractivity contribution in [1.82, 2.24) is 0 Å². The van der Waals surface area contributed by atoms with Gasteiger partial charge in [-0.2, -0.15) is 0 Å². The number of carbonyl (C=O) groups is 1. The largest absolute Gasteiger partial charge is 0.507 e. The van der Waals surface area contributed by atoms with Gasteiger partial charge in [0.25, 0.3) is 0 Å². The maximum Gasteiger partial charge on any atom is 0.194 e. The fraction of sp³-hybridized carbons (Fsp3) is 0. The molecule has 2 nitrogen and oxygen atoms in total. The summed E-state index contributed by atoms with van der Waals surface area (Å²) in [5.41, 5.74) is 3.36. The molecule has 3 aromatic carbocycles. The van der Waals surface area contributed by atoms with Crippen LogP contribution in [0.3, 0.4) is 0 Å². The van der Waals surface area contributed by atoms with Gasteiger partial charge < -0.3 is 5.11 Å². The molecule has 0 amide bonds. The lowest BCUT2D eigenvalue weighted by Gasteiger charge is -2.07. The van der Waals surface area contributed by atoms with Crippen LogP contribution in [0.5, 0.6) is 5.75 Å². The second-order valence-electron chi connectivity index (χ2n) is 4.74. The smallest absolute Gasteiger partial charge is 0.194 e. The minimum atomic E-state index is 0.0656. The van der Waals surface area contributed by atoms with Gasteiger partial charge in [0.2, 0.25) is 0 Å². The Bertz CT molecular complexity index is 847. The predicted molar refractivity (Wildman–Crippen MR) is 74.5 cm³/mol. The molecule has 1 aliphatic rings. The van der Waals surface area contributed by atoms with Gasteiger partial charge >= 0.3 is 0 Å². The highest BCUT2D eigenvalue weighted by Gasteiger charge is 2.27. The molecule has 0 fully saturated rings. The number of fused-ring (bicyclic) bond motifs is 5. The number of rotatable bonds is 0. The number of phenols is 1. The van der Waals surface area contributed by atoms with Crippen molar-refractivity contribution >= 4 is 16.6 Å². The Labute approximate surface area is 109 Å². The van der Waals surface area contributed by atoms with E-state index in [0.29, 0.717) is 0 Å². The summed E-state index contributed by atoms with van der Waals surface area (Å²) in [7, 11) is 0. The molecule has 0 saturated heterocycles. The third kappa shape index (κ3) is 1.23. The Balaban J connectivity index is 2.22. The van der Waals surface area contributed by atoms with Crippen LogP contribution < -0.4 is 0 Å². The van der Waals surface area contributed by atoms with Gasteiger partial charge in [-0.1, -0.05) is 36.4 Å². The summed E-state index contributed by atoms with van der Waals surface area (Å²) in [4.78, 5) is 12.4. The van der Waals surface area contributed by atoms with Crippen molar-refractivity contribution in [1.29, 1.82) is 0 Å². The molecule has 3 aromatic rings. The van der Waals surface area contributed by atoms with E-state index in [1.165, 1.54) is 0 Å². The first-order chi connectivity index (χ1) is 9.27. The molecule has 0 bridgehead atoms. The summed E-state index contributed by atoms with van der Waals surface area (Å²) >= 11 is 0. The lowest BCUT2D eigenvalue weighted by molar-refractivity contribution is 0.104. The standard InChI is InChI=1S/C17H10O2/c18-15-7-3-6-11-10(15)8-9-14-16(11)12-4-1-2-5-13(12)17(14)19/h1-9,18H. The summed E-state index contributed by atoms with van der Waals surface area (Å²) in [5, 5.41) is 11.6. The van der Waals surface area contributed by atoms with E-state index in [0.717, 1.165) is 33.0 Å². The number of hydrogen-bond acceptors (Lipinski definition) is 2. The summed E-state index contributed by atoms with van der Waals surface area (Å²) in [6.07, 6.45) is 0. The van der Waals surface area contributed by atoms with Crippen LogP contribution in [0.2, 0.25) is 0 Å². The van der Waals surface area contributed by atoms with Gasteiger partial charge in [0.1, 0.15) is 5.75 Å². The van der Waals surface area contributed by atoms with Gasteiger partial charge in [0.05, 0.1) is 0 Å². The predicted octanol–water partition coefficient (Wildman–Crippen LogP) is 3.76. The maximum atomic E-state index is 12.4. The van der Waals surface area contributed by atoms with Gasteiger partial charge in [0, 0.05) is 22.1 Å². The fourth-order valence-corrected chi connectivity index (χ4v) is 2.86. The minimum Gasteiger partial charge on any atom is -0.507 e. The highest BCUT2D eigenvalue weighted by molar-refractivity contribution is 6.26. The second-order valence-corrected chi connectivity index (χ2v) is 4.74. The number of benzene rings is 3. The van der Waals surface area contributed by atoms with E-state index in [1.807, 2.05) is 42.5 Å². The lowest BCUT2D eigenvalue weighted by Crippen LogP contribution is -1.94. The Hall–Kier alpha value is -2.61. The monoisotopic (exact) mass is 246 g/mol. The first-order valence-electron chi connectivity index (χ1n) is 6.16. The molecule has 0 spiro atoms. The van der Waals surface area contributed by atoms with Gasteiger partial charge in [-0.3, -0.25) is 4.79 Å². The number of phenolic OH excluding ortho intramolecular Hbond substituents is 1. The number of ketones is 1. The van der Waals surface area contributed by atoms with Crippen LogP contribution in [0.15, 0.2) is 54.6 Å². The number of aromatic hydroxyl groups is 1. The van der Waals surface area contributed by atoms with Crippen LogP contribution in [0.1, 0.15) is 15.9 Å². The van der Waals surface area contributed by atoms with Crippen molar-refractivity contribution in [2.24, 2.45) is 0 Å². The van der Waals surface area contributed by atoms with Crippen LogP contribution in [0.4, 0.5) is 0 Å². The molecule has 0 saturated carbocycles. The Kier molecular flexibility index (Phi) is 1.88. The van der Waals surface area contributed by atoms with Crippen LogP contribution in [-0.4, -0.2) is 10.9 Å². The molecule has 0 unspecified atom stereocenters. The first kappa shape index (κ1) is 10.3. The zero-order valence-electron chi connectivity index (χ0n) is 10.1. The molecular formula is C17H10O2. The first-order valence-corrected chi connectivity index (χ1v) is 6.16. The van der Waals surface area contributed by atoms with Gasteiger partial charge in [-0.15, -0.1) is 0 Å². The van der Waals surface area contributed by atoms with Crippen molar-refractivity contribution in [3.63, 3.8) is 0 Å². The van der Waals surface area contributed by atoms with Gasteiger partial charge in [-0.05, 0) is 29.1 Å². The molecule has 19 heavy (non-hydrogen) atoms. The highest BCUT2D eigenvalue weighted by Crippen LogP contribution is 2.42. The molecule has 4 rings (SSSR count). The molecule has 1 N–H and O–H groups in total. The van der Waals surface area contributed by atoms with Gasteiger partial charge in [0.15, 0.2) is 5.78 Å². The highest BCUT2D eigenvalue weighted by atomic mass is 16.3. The third-order valence-corrected chi connectivity index (χ3v) is 3.72. The summed E-state index contributed by atoms with van der Waals surface area (Å²) < 4.78 is 0. The van der Waals surface area contributed by atoms with E-state index in [1.54, 1.807) is 12.1 Å². The number of hydrogen-bond donors (Lipinski definition) is 1. The normalized spacial score (nSPS) is 12.5. The zero-order chi connectivity index (χ0) is 13.0. The van der Waals surface area contributed by atoms with Crippen molar-refractivity contribution in [2.75, 3.05) is 0 Å². The average molecular weight is 246 g/mol. The van der Waals surface area contributed by atoms with Crippen LogP contribution in [-0.2, 0) is 0 Å². The molecule has 0 radical (unpaired) electrons. The molecular weight excluding hydrogens is 236 g/mol. The molecule has 0 atom stereocenters. The van der Waals surface area contributed by atoms with Crippen molar-refractivity contribution in [3.05, 3.63) is 65.7 Å². The van der Waals surface area contributed by atoms with Crippen LogP contribution in [0, 0.1) is 0 Å². The van der Waals surface area contributed by atoms with Crippen molar-refractivity contribution < 1.29 is 9.90 Å². The molecule has 90 valence electrons. The molecule has 0 aliphatic heterocycles. The molecule has 0 aromatic heterocycles. The zero-order valence-corrected chi connectivity index (χ0v) is 10.1. The quantitative estimate of drug-likeness (QED) is 0.513. The summed E-state index contributed by atoms with van der Waals surface area (Å²) in [6.45, 7) is 0. The maximum absolute atomic E-state index is 12.4. The van der Waals surface area contributed by atoms with E-state index in [9.17, 15) is 9.90 Å². The third-order valence-electron chi connectivity index (χ3n) is 3.72. The minimum absolute atomic E-state index is 0.0656. The van der Waals surface area contributed by atoms with Crippen molar-refractivity contribution in [3.8, 4) is 16.9 Å². The molecule has 0 heterocycles. The molecule has 2 heteroatoms. The summed E-state index contributed by atoms with van der Waals surface area (Å²) in [6, 6.07) is 16.7. The van der Waals surface area contributed by atoms with Gasteiger partial charge in [-0.25, -0.2) is 0 Å². The van der Waals surface area contributed by atoms with Crippen LogP contribution >= 0.6 is 0 Å². The fourth-order valence-electron chi connectivity index (χ4n) is 2.86. The van der Waals surface area contributed by atoms with Crippen molar-refractivity contribution in [2.45, 2.75) is 0 Å². The van der Waals surface area contributed by atoms with E-state index >= 15 is 0 Å². The summed E-state index contributed by atoms with van der Waals surface area (Å²) in [5.74, 6) is 0.313.